The van der Waals surface area contributed by atoms with Crippen LogP contribution in [0.15, 0.2) is 4.63 Å². The van der Waals surface area contributed by atoms with Crippen LogP contribution in [-0.4, -0.2) is 63.8 Å². The molecule has 1 aliphatic heterocycles. The molecule has 0 aromatic carbocycles. The summed E-state index contributed by atoms with van der Waals surface area (Å²) in [6.07, 6.45) is 2.87. The molecule has 4 rings (SSSR count). The Kier molecular flexibility index (Phi) is 3.70. The number of likely N-dealkylation sites (tertiary alicyclic amines) is 1. The molecule has 1 amide bonds. The van der Waals surface area contributed by atoms with Crippen molar-refractivity contribution in [3.05, 3.63) is 0 Å². The molecule has 1 atom stereocenters. The number of carbonyl (C=O) groups excluding carboxylic acids is 1. The molecule has 24 heavy (non-hydrogen) atoms. The zero-order valence-corrected chi connectivity index (χ0v) is 13.9. The summed E-state index contributed by atoms with van der Waals surface area (Å²) in [4.78, 5) is 24.9. The van der Waals surface area contributed by atoms with E-state index >= 15 is 0 Å². The Hall–Kier alpha value is -2.45. The molecule has 0 radical (unpaired) electrons. The summed E-state index contributed by atoms with van der Waals surface area (Å²) in [5.74, 6) is 1.96. The summed E-state index contributed by atoms with van der Waals surface area (Å²) in [5.41, 5.74) is 0.805. The number of aromatic nitrogens is 4. The van der Waals surface area contributed by atoms with Gasteiger partial charge in [0.05, 0.1) is 0 Å². The van der Waals surface area contributed by atoms with E-state index in [4.69, 9.17) is 4.63 Å². The monoisotopic (exact) mass is 331 g/mol. The molecule has 1 saturated carbocycles. The highest BCUT2D eigenvalue weighted by Crippen LogP contribution is 2.30. The average Bonchev–Trinajstić information content (AvgIpc) is 3.13. The molecular weight excluding hydrogens is 310 g/mol. The number of amides is 1. The van der Waals surface area contributed by atoms with Crippen LogP contribution in [0.4, 0.5) is 11.6 Å². The van der Waals surface area contributed by atoms with Crippen molar-refractivity contribution in [2.75, 3.05) is 36.9 Å². The Bertz CT molecular complexity index is 757. The van der Waals surface area contributed by atoms with Crippen molar-refractivity contribution in [3.8, 4) is 0 Å². The number of nitrogens with one attached hydrogen (secondary N) is 1. The lowest BCUT2D eigenvalue weighted by Gasteiger charge is -2.23. The third-order valence-electron chi connectivity index (χ3n) is 4.58. The normalized spacial score (nSPS) is 20.8. The minimum absolute atomic E-state index is 0.231. The fourth-order valence-corrected chi connectivity index (χ4v) is 3.17. The molecule has 1 aliphatic carbocycles. The number of anilines is 2. The van der Waals surface area contributed by atoms with Crippen LogP contribution in [0.1, 0.15) is 26.2 Å². The number of hydrogen-bond donors (Lipinski definition) is 1. The van der Waals surface area contributed by atoms with E-state index in [9.17, 15) is 4.79 Å². The zero-order chi connectivity index (χ0) is 16.7. The number of nitrogens with zero attached hydrogens (tertiary/aromatic N) is 6. The van der Waals surface area contributed by atoms with Gasteiger partial charge in [0.1, 0.15) is 0 Å². The second-order valence-corrected chi connectivity index (χ2v) is 6.61. The van der Waals surface area contributed by atoms with Gasteiger partial charge in [0, 0.05) is 45.1 Å². The Labute approximate surface area is 139 Å². The minimum atomic E-state index is 0.231. The maximum atomic E-state index is 11.9. The second-order valence-electron chi connectivity index (χ2n) is 6.61. The molecule has 2 aliphatic rings. The number of fused-ring (bicyclic) bond motifs is 1. The van der Waals surface area contributed by atoms with Crippen molar-refractivity contribution in [3.63, 3.8) is 0 Å². The summed E-state index contributed by atoms with van der Waals surface area (Å²) in [6, 6.07) is 0.451. The summed E-state index contributed by atoms with van der Waals surface area (Å²) in [5, 5.41) is 11.0. The maximum absolute atomic E-state index is 11.9. The fourth-order valence-electron chi connectivity index (χ4n) is 3.17. The topological polar surface area (TPSA) is 100 Å². The van der Waals surface area contributed by atoms with Crippen LogP contribution in [0.3, 0.4) is 0 Å². The maximum Gasteiger partial charge on any atom is 0.245 e. The van der Waals surface area contributed by atoms with E-state index in [2.05, 4.69) is 25.6 Å². The van der Waals surface area contributed by atoms with E-state index in [1.54, 1.807) is 0 Å². The molecular formula is C15H21N7O2. The van der Waals surface area contributed by atoms with E-state index < -0.39 is 0 Å². The molecule has 0 bridgehead atoms. The zero-order valence-electron chi connectivity index (χ0n) is 13.9. The van der Waals surface area contributed by atoms with Crippen molar-refractivity contribution in [2.24, 2.45) is 5.92 Å². The summed E-state index contributed by atoms with van der Waals surface area (Å²) >= 11 is 0. The third-order valence-corrected chi connectivity index (χ3v) is 4.58. The molecule has 9 heteroatoms. The molecule has 0 spiro atoms. The Morgan fingerprint density at radius 2 is 2.04 bits per heavy atom. The number of hydrogen-bond acceptors (Lipinski definition) is 8. The molecule has 1 saturated heterocycles. The second kappa shape index (κ2) is 5.88. The van der Waals surface area contributed by atoms with Crippen LogP contribution in [0, 0.1) is 5.92 Å². The lowest BCUT2D eigenvalue weighted by Crippen LogP contribution is -2.30. The summed E-state index contributed by atoms with van der Waals surface area (Å²) < 4.78 is 4.73. The van der Waals surface area contributed by atoms with Crippen LogP contribution in [0.2, 0.25) is 0 Å². The number of rotatable bonds is 6. The predicted molar refractivity (Wildman–Crippen MR) is 87.7 cm³/mol. The van der Waals surface area contributed by atoms with Gasteiger partial charge in [-0.15, -0.1) is 0 Å². The van der Waals surface area contributed by atoms with Gasteiger partial charge in [-0.3, -0.25) is 4.79 Å². The SMILES string of the molecule is CCN1C[C@H](CN(C)c2nc3nonc3nc2NC2CC2)CC1=O. The van der Waals surface area contributed by atoms with E-state index in [1.165, 1.54) is 0 Å². The van der Waals surface area contributed by atoms with Gasteiger partial charge in [-0.05, 0) is 30.1 Å². The molecule has 2 aromatic heterocycles. The first-order chi connectivity index (χ1) is 11.6. The van der Waals surface area contributed by atoms with Gasteiger partial charge in [-0.25, -0.2) is 14.6 Å². The van der Waals surface area contributed by atoms with Gasteiger partial charge in [0.15, 0.2) is 11.6 Å². The molecule has 1 N–H and O–H groups in total. The van der Waals surface area contributed by atoms with Crippen LogP contribution in [0.5, 0.6) is 0 Å². The van der Waals surface area contributed by atoms with Crippen molar-refractivity contribution >= 4 is 28.8 Å². The van der Waals surface area contributed by atoms with E-state index in [0.29, 0.717) is 35.5 Å². The molecule has 2 fully saturated rings. The average molecular weight is 331 g/mol. The van der Waals surface area contributed by atoms with E-state index in [1.807, 2.05) is 23.8 Å². The van der Waals surface area contributed by atoms with Crippen LogP contribution < -0.4 is 10.2 Å². The van der Waals surface area contributed by atoms with Gasteiger partial charge in [-0.2, -0.15) is 0 Å². The van der Waals surface area contributed by atoms with Gasteiger partial charge in [-0.1, -0.05) is 0 Å². The smallest absolute Gasteiger partial charge is 0.245 e. The van der Waals surface area contributed by atoms with Gasteiger partial charge in [0.2, 0.25) is 17.2 Å². The van der Waals surface area contributed by atoms with Crippen molar-refractivity contribution < 1.29 is 9.42 Å². The van der Waals surface area contributed by atoms with Gasteiger partial charge >= 0.3 is 0 Å². The first-order valence-corrected chi connectivity index (χ1v) is 8.39. The van der Waals surface area contributed by atoms with E-state index in [0.717, 1.165) is 38.3 Å². The van der Waals surface area contributed by atoms with Crippen LogP contribution >= 0.6 is 0 Å². The highest BCUT2D eigenvalue weighted by molar-refractivity contribution is 5.79. The van der Waals surface area contributed by atoms with Crippen molar-refractivity contribution in [2.45, 2.75) is 32.2 Å². The Balaban J connectivity index is 1.56. The Morgan fingerprint density at radius 1 is 1.29 bits per heavy atom. The van der Waals surface area contributed by atoms with Crippen molar-refractivity contribution in [1.29, 1.82) is 0 Å². The minimum Gasteiger partial charge on any atom is -0.364 e. The predicted octanol–water partition coefficient (Wildman–Crippen LogP) is 0.892. The van der Waals surface area contributed by atoms with Crippen molar-refractivity contribution in [1.82, 2.24) is 25.2 Å². The fraction of sp³-hybridized carbons (Fsp3) is 0.667. The highest BCUT2D eigenvalue weighted by atomic mass is 16.6. The first kappa shape index (κ1) is 15.1. The Morgan fingerprint density at radius 3 is 2.71 bits per heavy atom. The van der Waals surface area contributed by atoms with Crippen LogP contribution in [0.25, 0.3) is 11.3 Å². The van der Waals surface area contributed by atoms with E-state index in [-0.39, 0.29) is 5.91 Å². The van der Waals surface area contributed by atoms with Gasteiger partial charge in [0.25, 0.3) is 0 Å². The molecule has 0 unspecified atom stereocenters. The molecule has 3 heterocycles. The molecule has 2 aromatic rings. The lowest BCUT2D eigenvalue weighted by molar-refractivity contribution is -0.127. The summed E-state index contributed by atoms with van der Waals surface area (Å²) in [6.45, 7) is 4.32. The van der Waals surface area contributed by atoms with Crippen LogP contribution in [-0.2, 0) is 4.79 Å². The third kappa shape index (κ3) is 2.85. The standard InChI is InChI=1S/C15H21N7O2/c1-3-22-8-9(6-11(22)23)7-21(2)15-14(16-10-4-5-10)17-12-13(18-15)20-24-19-12/h9-10H,3-8H2,1-2H3,(H,16,17,19)/t9-/m0/s1. The number of carbonyl (C=O) groups is 1. The van der Waals surface area contributed by atoms with Gasteiger partial charge < -0.3 is 15.1 Å². The highest BCUT2D eigenvalue weighted by Gasteiger charge is 2.31. The first-order valence-electron chi connectivity index (χ1n) is 8.39. The molecule has 128 valence electrons. The largest absolute Gasteiger partial charge is 0.364 e. The lowest BCUT2D eigenvalue weighted by atomic mass is 10.1. The molecule has 9 nitrogen and oxygen atoms in total. The quantitative estimate of drug-likeness (QED) is 0.833. The summed E-state index contributed by atoms with van der Waals surface area (Å²) in [7, 11) is 1.97.